The van der Waals surface area contributed by atoms with Gasteiger partial charge in [-0.2, -0.15) is 0 Å². The first-order chi connectivity index (χ1) is 13.5. The third-order valence-electron chi connectivity index (χ3n) is 4.84. The molecule has 0 saturated heterocycles. The van der Waals surface area contributed by atoms with Gasteiger partial charge in [0.25, 0.3) is 0 Å². The maximum absolute atomic E-state index is 12.3. The third kappa shape index (κ3) is 4.81. The van der Waals surface area contributed by atoms with E-state index >= 15 is 0 Å². The van der Waals surface area contributed by atoms with Gasteiger partial charge in [0.1, 0.15) is 0 Å². The zero-order valence-electron chi connectivity index (χ0n) is 15.9. The maximum Gasteiger partial charge on any atom is 0.307 e. The minimum absolute atomic E-state index is 0.0783. The number of carbonyl (C=O) groups is 3. The predicted octanol–water partition coefficient (Wildman–Crippen LogP) is 4.43. The molecule has 1 aliphatic rings. The van der Waals surface area contributed by atoms with Crippen LogP contribution in [0.25, 0.3) is 0 Å². The molecule has 0 saturated carbocycles. The summed E-state index contributed by atoms with van der Waals surface area (Å²) in [5.41, 5.74) is 2.44. The lowest BCUT2D eigenvalue weighted by molar-refractivity contribution is -0.143. The van der Waals surface area contributed by atoms with Crippen molar-refractivity contribution >= 4 is 35.1 Å². The van der Waals surface area contributed by atoms with Gasteiger partial charge in [-0.25, -0.2) is 0 Å². The average molecular weight is 397 g/mol. The van der Waals surface area contributed by atoms with Crippen LogP contribution in [-0.2, 0) is 14.3 Å². The Hall–Kier alpha value is -2.60. The highest BCUT2D eigenvalue weighted by Gasteiger charge is 2.29. The SMILES string of the molecule is CC[C@@H](C)c1ccc(C(=O)COC(=O)C[C@H]2Sc3ccccc3NC2=O)cc1. The van der Waals surface area contributed by atoms with Gasteiger partial charge in [0.15, 0.2) is 12.4 Å². The van der Waals surface area contributed by atoms with Crippen LogP contribution < -0.4 is 5.32 Å². The van der Waals surface area contributed by atoms with Crippen molar-refractivity contribution in [3.8, 4) is 0 Å². The number of anilines is 1. The van der Waals surface area contributed by atoms with Crippen LogP contribution in [0.2, 0.25) is 0 Å². The van der Waals surface area contributed by atoms with E-state index in [1.165, 1.54) is 17.3 Å². The number of hydrogen-bond donors (Lipinski definition) is 1. The lowest BCUT2D eigenvalue weighted by atomic mass is 9.97. The standard InChI is InChI=1S/C22H23NO4S/c1-3-14(2)15-8-10-16(11-9-15)18(24)13-27-21(25)12-20-22(26)23-17-6-4-5-7-19(17)28-20/h4-11,14,20H,3,12-13H2,1-2H3,(H,23,26)/t14-,20-/m1/s1. The molecule has 1 N–H and O–H groups in total. The zero-order valence-corrected chi connectivity index (χ0v) is 16.8. The van der Waals surface area contributed by atoms with Gasteiger partial charge in [-0.3, -0.25) is 14.4 Å². The fourth-order valence-electron chi connectivity index (χ4n) is 2.90. The van der Waals surface area contributed by atoms with E-state index < -0.39 is 11.2 Å². The summed E-state index contributed by atoms with van der Waals surface area (Å²) in [7, 11) is 0. The van der Waals surface area contributed by atoms with E-state index in [1.807, 2.05) is 36.4 Å². The molecule has 0 aromatic heterocycles. The number of nitrogens with one attached hydrogen (secondary N) is 1. The van der Waals surface area contributed by atoms with E-state index in [2.05, 4.69) is 19.2 Å². The molecule has 2 aromatic rings. The molecule has 0 spiro atoms. The second kappa shape index (κ2) is 9.06. The number of ether oxygens (including phenoxy) is 1. The van der Waals surface area contributed by atoms with Crippen LogP contribution in [0.5, 0.6) is 0 Å². The first kappa shape index (κ1) is 20.1. The molecule has 2 aromatic carbocycles. The Morgan fingerprint density at radius 1 is 1.14 bits per heavy atom. The number of thioether (sulfide) groups is 1. The molecule has 0 aliphatic carbocycles. The molecule has 3 rings (SSSR count). The van der Waals surface area contributed by atoms with Gasteiger partial charge >= 0.3 is 5.97 Å². The number of esters is 1. The third-order valence-corrected chi connectivity index (χ3v) is 6.11. The average Bonchev–Trinajstić information content (AvgIpc) is 2.72. The second-order valence-corrected chi connectivity index (χ2v) is 8.06. The van der Waals surface area contributed by atoms with E-state index in [-0.39, 0.29) is 24.7 Å². The summed E-state index contributed by atoms with van der Waals surface area (Å²) in [6.45, 7) is 3.93. The largest absolute Gasteiger partial charge is 0.457 e. The Balaban J connectivity index is 1.51. The van der Waals surface area contributed by atoms with Crippen LogP contribution in [0.3, 0.4) is 0 Å². The van der Waals surface area contributed by atoms with Crippen molar-refractivity contribution in [2.75, 3.05) is 11.9 Å². The Bertz CT molecular complexity index is 878. The molecule has 1 amide bonds. The summed E-state index contributed by atoms with van der Waals surface area (Å²) in [6, 6.07) is 14.8. The number of fused-ring (bicyclic) bond motifs is 1. The second-order valence-electron chi connectivity index (χ2n) is 6.81. The summed E-state index contributed by atoms with van der Waals surface area (Å²) < 4.78 is 5.11. The zero-order chi connectivity index (χ0) is 20.1. The van der Waals surface area contributed by atoms with Gasteiger partial charge in [-0.1, -0.05) is 50.2 Å². The van der Waals surface area contributed by atoms with Crippen LogP contribution in [-0.4, -0.2) is 29.5 Å². The molecule has 1 heterocycles. The van der Waals surface area contributed by atoms with E-state index in [0.717, 1.165) is 17.0 Å². The molecule has 6 heteroatoms. The topological polar surface area (TPSA) is 72.5 Å². The van der Waals surface area contributed by atoms with Crippen LogP contribution in [0.4, 0.5) is 5.69 Å². The van der Waals surface area contributed by atoms with E-state index in [9.17, 15) is 14.4 Å². The number of Topliss-reactive ketones (excluding diaryl/α,β-unsaturated/α-hetero) is 1. The van der Waals surface area contributed by atoms with Gasteiger partial charge < -0.3 is 10.1 Å². The van der Waals surface area contributed by atoms with Crippen LogP contribution >= 0.6 is 11.8 Å². The smallest absolute Gasteiger partial charge is 0.307 e. The first-order valence-electron chi connectivity index (χ1n) is 9.33. The van der Waals surface area contributed by atoms with Gasteiger partial charge in [0.05, 0.1) is 17.4 Å². The molecule has 2 atom stereocenters. The van der Waals surface area contributed by atoms with E-state index in [0.29, 0.717) is 11.5 Å². The fourth-order valence-corrected chi connectivity index (χ4v) is 4.00. The molecule has 0 unspecified atom stereocenters. The molecule has 0 bridgehead atoms. The lowest BCUT2D eigenvalue weighted by Crippen LogP contribution is -2.31. The number of amides is 1. The Morgan fingerprint density at radius 3 is 2.57 bits per heavy atom. The van der Waals surface area contributed by atoms with Crippen molar-refractivity contribution in [2.24, 2.45) is 0 Å². The summed E-state index contributed by atoms with van der Waals surface area (Å²) in [5.74, 6) is -0.606. The van der Waals surface area contributed by atoms with Crippen molar-refractivity contribution < 1.29 is 19.1 Å². The Kier molecular flexibility index (Phi) is 6.52. The monoisotopic (exact) mass is 397 g/mol. The highest BCUT2D eigenvalue weighted by Crippen LogP contribution is 2.36. The quantitative estimate of drug-likeness (QED) is 0.553. The van der Waals surface area contributed by atoms with E-state index in [1.54, 1.807) is 12.1 Å². The highest BCUT2D eigenvalue weighted by molar-refractivity contribution is 8.01. The normalized spacial score (nSPS) is 16.6. The Labute approximate surface area is 168 Å². The molecule has 28 heavy (non-hydrogen) atoms. The van der Waals surface area contributed by atoms with Gasteiger partial charge in [0, 0.05) is 10.5 Å². The number of ketones is 1. The maximum atomic E-state index is 12.3. The van der Waals surface area contributed by atoms with Crippen LogP contribution in [0.15, 0.2) is 53.4 Å². The summed E-state index contributed by atoms with van der Waals surface area (Å²) in [6.07, 6.45) is 0.952. The Morgan fingerprint density at radius 2 is 1.86 bits per heavy atom. The van der Waals surface area contributed by atoms with Crippen molar-refractivity contribution in [1.29, 1.82) is 0 Å². The van der Waals surface area contributed by atoms with Gasteiger partial charge in [-0.15, -0.1) is 11.8 Å². The first-order valence-corrected chi connectivity index (χ1v) is 10.2. The molecule has 0 radical (unpaired) electrons. The molecule has 5 nitrogen and oxygen atoms in total. The van der Waals surface area contributed by atoms with Crippen molar-refractivity contribution in [1.82, 2.24) is 0 Å². The van der Waals surface area contributed by atoms with Crippen molar-refractivity contribution in [2.45, 2.75) is 42.8 Å². The highest BCUT2D eigenvalue weighted by atomic mass is 32.2. The minimum atomic E-state index is -0.563. The number of carbonyl (C=O) groups excluding carboxylic acids is 3. The number of para-hydroxylation sites is 1. The lowest BCUT2D eigenvalue weighted by Gasteiger charge is -2.23. The molecular formula is C22H23NO4S. The van der Waals surface area contributed by atoms with Gasteiger partial charge in [0.2, 0.25) is 5.91 Å². The fraction of sp³-hybridized carbons (Fsp3) is 0.318. The summed E-state index contributed by atoms with van der Waals surface area (Å²) in [4.78, 5) is 37.4. The van der Waals surface area contributed by atoms with Crippen molar-refractivity contribution in [3.63, 3.8) is 0 Å². The summed E-state index contributed by atoms with van der Waals surface area (Å²) in [5, 5.41) is 2.23. The van der Waals surface area contributed by atoms with Crippen LogP contribution in [0, 0.1) is 0 Å². The molecule has 146 valence electrons. The molecule has 1 aliphatic heterocycles. The molecule has 0 fully saturated rings. The van der Waals surface area contributed by atoms with E-state index in [4.69, 9.17) is 4.74 Å². The van der Waals surface area contributed by atoms with Crippen molar-refractivity contribution in [3.05, 3.63) is 59.7 Å². The number of benzene rings is 2. The van der Waals surface area contributed by atoms with Crippen LogP contribution in [0.1, 0.15) is 48.5 Å². The summed E-state index contributed by atoms with van der Waals surface area (Å²) >= 11 is 1.33. The minimum Gasteiger partial charge on any atom is -0.457 e. The van der Waals surface area contributed by atoms with Gasteiger partial charge in [-0.05, 0) is 30.0 Å². The predicted molar refractivity (Wildman–Crippen MR) is 110 cm³/mol. The number of rotatable bonds is 7. The molecular weight excluding hydrogens is 374 g/mol. The number of hydrogen-bond acceptors (Lipinski definition) is 5.